The summed E-state index contributed by atoms with van der Waals surface area (Å²) in [6.45, 7) is 2.09. The van der Waals surface area contributed by atoms with E-state index in [2.05, 4.69) is 20.0 Å². The van der Waals surface area contributed by atoms with Crippen LogP contribution in [0, 0.1) is 6.92 Å². The number of benzene rings is 1. The van der Waals surface area contributed by atoms with Crippen molar-refractivity contribution in [2.24, 2.45) is 0 Å². The van der Waals surface area contributed by atoms with Crippen LogP contribution in [-0.4, -0.2) is 25.3 Å². The third-order valence-electron chi connectivity index (χ3n) is 3.35. The molecule has 3 aromatic rings. The SMILES string of the molecule is Cc1ccc(C(O)c2cn(Cc3cc(C(F)F)on3)nn2)cc1. The van der Waals surface area contributed by atoms with Gasteiger partial charge in [-0.3, -0.25) is 0 Å². The smallest absolute Gasteiger partial charge is 0.298 e. The van der Waals surface area contributed by atoms with E-state index in [1.165, 1.54) is 10.7 Å². The lowest BCUT2D eigenvalue weighted by Gasteiger charge is -2.07. The molecule has 3 rings (SSSR count). The molecule has 1 atom stereocenters. The molecule has 0 fully saturated rings. The molecule has 6 nitrogen and oxygen atoms in total. The first-order valence-corrected chi connectivity index (χ1v) is 6.91. The Bertz CT molecular complexity index is 783. The van der Waals surface area contributed by atoms with Gasteiger partial charge in [0.05, 0.1) is 12.7 Å². The van der Waals surface area contributed by atoms with E-state index in [9.17, 15) is 13.9 Å². The van der Waals surface area contributed by atoms with Crippen molar-refractivity contribution in [1.29, 1.82) is 0 Å². The van der Waals surface area contributed by atoms with Crippen LogP contribution in [0.25, 0.3) is 0 Å². The van der Waals surface area contributed by atoms with Gasteiger partial charge in [0.25, 0.3) is 6.43 Å². The van der Waals surface area contributed by atoms with Crippen molar-refractivity contribution in [2.75, 3.05) is 0 Å². The molecule has 0 aliphatic rings. The zero-order valence-corrected chi connectivity index (χ0v) is 12.2. The van der Waals surface area contributed by atoms with Crippen LogP contribution in [0.15, 0.2) is 41.1 Å². The van der Waals surface area contributed by atoms with E-state index in [0.29, 0.717) is 17.0 Å². The number of rotatable bonds is 5. The first kappa shape index (κ1) is 15.3. The van der Waals surface area contributed by atoms with Gasteiger partial charge < -0.3 is 9.63 Å². The summed E-state index contributed by atoms with van der Waals surface area (Å²) in [7, 11) is 0. The lowest BCUT2D eigenvalue weighted by molar-refractivity contribution is 0.112. The number of nitrogens with zero attached hydrogens (tertiary/aromatic N) is 4. The van der Waals surface area contributed by atoms with Crippen LogP contribution in [0.4, 0.5) is 8.78 Å². The van der Waals surface area contributed by atoms with E-state index in [4.69, 9.17) is 0 Å². The Hall–Kier alpha value is -2.61. The Kier molecular flexibility index (Phi) is 4.16. The largest absolute Gasteiger partial charge is 0.382 e. The summed E-state index contributed by atoms with van der Waals surface area (Å²) in [5.74, 6) is -0.486. The fourth-order valence-electron chi connectivity index (χ4n) is 2.11. The number of aliphatic hydroxyl groups excluding tert-OH is 1. The van der Waals surface area contributed by atoms with Gasteiger partial charge in [0, 0.05) is 6.07 Å². The summed E-state index contributed by atoms with van der Waals surface area (Å²) in [4.78, 5) is 0. The van der Waals surface area contributed by atoms with Crippen LogP contribution >= 0.6 is 0 Å². The molecule has 1 N–H and O–H groups in total. The molecule has 0 bridgehead atoms. The van der Waals surface area contributed by atoms with Crippen molar-refractivity contribution >= 4 is 0 Å². The molecule has 0 aliphatic heterocycles. The van der Waals surface area contributed by atoms with Gasteiger partial charge in [0.15, 0.2) is 0 Å². The van der Waals surface area contributed by atoms with E-state index in [1.807, 2.05) is 31.2 Å². The number of alkyl halides is 2. The quantitative estimate of drug-likeness (QED) is 0.782. The summed E-state index contributed by atoms with van der Waals surface area (Å²) in [5, 5.41) is 21.6. The van der Waals surface area contributed by atoms with Crippen LogP contribution in [-0.2, 0) is 6.54 Å². The minimum Gasteiger partial charge on any atom is -0.382 e. The van der Waals surface area contributed by atoms with Gasteiger partial charge >= 0.3 is 0 Å². The predicted octanol–water partition coefficient (Wildman–Crippen LogP) is 2.64. The third-order valence-corrected chi connectivity index (χ3v) is 3.35. The molecular weight excluding hydrogens is 306 g/mol. The van der Waals surface area contributed by atoms with Gasteiger partial charge in [0.1, 0.15) is 17.5 Å². The average molecular weight is 320 g/mol. The highest BCUT2D eigenvalue weighted by Crippen LogP contribution is 2.21. The zero-order chi connectivity index (χ0) is 16.4. The number of halogens is 2. The fourth-order valence-corrected chi connectivity index (χ4v) is 2.11. The molecule has 8 heteroatoms. The van der Waals surface area contributed by atoms with Crippen LogP contribution in [0.3, 0.4) is 0 Å². The number of hydrogen-bond acceptors (Lipinski definition) is 5. The summed E-state index contributed by atoms with van der Waals surface area (Å²) < 4.78 is 30.8. The lowest BCUT2D eigenvalue weighted by Crippen LogP contribution is -2.01. The Morgan fingerprint density at radius 3 is 2.65 bits per heavy atom. The highest BCUT2D eigenvalue weighted by molar-refractivity contribution is 5.27. The molecule has 2 heterocycles. The van der Waals surface area contributed by atoms with E-state index in [0.717, 1.165) is 5.56 Å². The fraction of sp³-hybridized carbons (Fsp3) is 0.267. The maximum Gasteiger partial charge on any atom is 0.298 e. The molecule has 0 saturated heterocycles. The van der Waals surface area contributed by atoms with E-state index in [-0.39, 0.29) is 6.54 Å². The van der Waals surface area contributed by atoms with Crippen molar-refractivity contribution < 1.29 is 18.4 Å². The molecule has 0 spiro atoms. The number of hydrogen-bond donors (Lipinski definition) is 1. The van der Waals surface area contributed by atoms with Gasteiger partial charge in [-0.1, -0.05) is 40.2 Å². The zero-order valence-electron chi connectivity index (χ0n) is 12.2. The predicted molar refractivity (Wildman–Crippen MR) is 75.8 cm³/mol. The van der Waals surface area contributed by atoms with E-state index >= 15 is 0 Å². The first-order chi connectivity index (χ1) is 11.0. The van der Waals surface area contributed by atoms with Crippen molar-refractivity contribution in [2.45, 2.75) is 26.0 Å². The van der Waals surface area contributed by atoms with Crippen LogP contribution in [0.1, 0.15) is 40.8 Å². The van der Waals surface area contributed by atoms with Gasteiger partial charge in [-0.2, -0.15) is 0 Å². The summed E-state index contributed by atoms with van der Waals surface area (Å²) in [6.07, 6.45) is -2.06. The highest BCUT2D eigenvalue weighted by Gasteiger charge is 2.17. The molecule has 0 amide bonds. The minimum absolute atomic E-state index is 0.129. The standard InChI is InChI=1S/C15H14F2N4O2/c1-9-2-4-10(5-3-9)14(22)12-8-21(20-18-12)7-11-6-13(15(16)17)23-19-11/h2-6,8,14-15,22H,7H2,1H3. The Balaban J connectivity index is 1.73. The van der Waals surface area contributed by atoms with E-state index in [1.54, 1.807) is 6.20 Å². The van der Waals surface area contributed by atoms with Crippen molar-refractivity contribution in [3.8, 4) is 0 Å². The Labute approximate surface area is 130 Å². The molecule has 0 aliphatic carbocycles. The third kappa shape index (κ3) is 3.42. The van der Waals surface area contributed by atoms with Gasteiger partial charge in [0.2, 0.25) is 5.76 Å². The highest BCUT2D eigenvalue weighted by atomic mass is 19.3. The molecule has 2 aromatic heterocycles. The molecule has 1 aromatic carbocycles. The second kappa shape index (κ2) is 6.25. The molecule has 1 unspecified atom stereocenters. The van der Waals surface area contributed by atoms with Crippen molar-refractivity contribution in [1.82, 2.24) is 20.2 Å². The summed E-state index contributed by atoms with van der Waals surface area (Å²) in [5.41, 5.74) is 2.46. The van der Waals surface area contributed by atoms with Crippen LogP contribution in [0.2, 0.25) is 0 Å². The lowest BCUT2D eigenvalue weighted by atomic mass is 10.1. The number of aliphatic hydroxyl groups is 1. The summed E-state index contributed by atoms with van der Waals surface area (Å²) >= 11 is 0. The molecule has 0 saturated carbocycles. The van der Waals surface area contributed by atoms with Crippen molar-refractivity contribution in [3.05, 3.63) is 64.8 Å². The van der Waals surface area contributed by atoms with Crippen molar-refractivity contribution in [3.63, 3.8) is 0 Å². The normalized spacial score (nSPS) is 12.7. The van der Waals surface area contributed by atoms with Gasteiger partial charge in [-0.15, -0.1) is 5.10 Å². The van der Waals surface area contributed by atoms with E-state index < -0.39 is 18.3 Å². The topological polar surface area (TPSA) is 77.0 Å². The maximum absolute atomic E-state index is 12.4. The Morgan fingerprint density at radius 1 is 1.26 bits per heavy atom. The van der Waals surface area contributed by atoms with Gasteiger partial charge in [-0.05, 0) is 12.5 Å². The first-order valence-electron chi connectivity index (χ1n) is 6.91. The van der Waals surface area contributed by atoms with Crippen LogP contribution < -0.4 is 0 Å². The Morgan fingerprint density at radius 2 is 2.00 bits per heavy atom. The molecular formula is C15H14F2N4O2. The average Bonchev–Trinajstić information content (AvgIpc) is 3.17. The number of aryl methyl sites for hydroxylation is 1. The minimum atomic E-state index is -2.70. The molecule has 0 radical (unpaired) electrons. The molecule has 120 valence electrons. The van der Waals surface area contributed by atoms with Gasteiger partial charge in [-0.25, -0.2) is 13.5 Å². The maximum atomic E-state index is 12.4. The second-order valence-electron chi connectivity index (χ2n) is 5.18. The summed E-state index contributed by atoms with van der Waals surface area (Å²) in [6, 6.07) is 8.58. The van der Waals surface area contributed by atoms with Crippen LogP contribution in [0.5, 0.6) is 0 Å². The molecule has 23 heavy (non-hydrogen) atoms. The monoisotopic (exact) mass is 320 g/mol. The number of aromatic nitrogens is 4. The second-order valence-corrected chi connectivity index (χ2v) is 5.18.